The van der Waals surface area contributed by atoms with Crippen molar-refractivity contribution in [2.45, 2.75) is 31.7 Å². The lowest BCUT2D eigenvalue weighted by Gasteiger charge is -2.20. The van der Waals surface area contributed by atoms with E-state index in [4.69, 9.17) is 9.47 Å². The van der Waals surface area contributed by atoms with Crippen molar-refractivity contribution < 1.29 is 32.2 Å². The standard InChI is InChI=1S/C32H26F3NO4/c33-32(34,35)27-13-11-25(12-14-27)26-15-24(17-29(19-26)39-20-23-9-5-2-6-10-23)18-30(37)36-28(21-40-31(36)38)16-22-7-3-1-4-8-22/h1-15,17,19,28H,16,18,20-21H2/t28-/m1/s1. The second-order valence-corrected chi connectivity index (χ2v) is 9.58. The molecule has 1 fully saturated rings. The van der Waals surface area contributed by atoms with E-state index in [1.54, 1.807) is 18.2 Å². The van der Waals surface area contributed by atoms with Crippen LogP contribution in [0.25, 0.3) is 11.1 Å². The molecule has 5 rings (SSSR count). The summed E-state index contributed by atoms with van der Waals surface area (Å²) in [6.45, 7) is 0.374. The minimum absolute atomic E-state index is 0.108. The number of ether oxygens (including phenoxy) is 2. The van der Waals surface area contributed by atoms with Gasteiger partial charge in [-0.25, -0.2) is 9.69 Å². The number of carbonyl (C=O) groups excluding carboxylic acids is 2. The van der Waals surface area contributed by atoms with Crippen molar-refractivity contribution in [2.75, 3.05) is 6.61 Å². The van der Waals surface area contributed by atoms with Gasteiger partial charge in [-0.2, -0.15) is 13.2 Å². The van der Waals surface area contributed by atoms with Gasteiger partial charge in [-0.15, -0.1) is 0 Å². The maximum Gasteiger partial charge on any atom is 0.416 e. The molecule has 2 amide bonds. The smallest absolute Gasteiger partial charge is 0.416 e. The first-order valence-electron chi connectivity index (χ1n) is 12.8. The first-order valence-corrected chi connectivity index (χ1v) is 12.8. The fraction of sp³-hybridized carbons (Fsp3) is 0.188. The van der Waals surface area contributed by atoms with Gasteiger partial charge in [0.05, 0.1) is 18.0 Å². The van der Waals surface area contributed by atoms with Crippen molar-refractivity contribution in [3.05, 3.63) is 125 Å². The Morgan fingerprint density at radius 3 is 2.12 bits per heavy atom. The molecule has 4 aromatic rings. The highest BCUT2D eigenvalue weighted by molar-refractivity contribution is 5.94. The van der Waals surface area contributed by atoms with E-state index in [1.807, 2.05) is 60.7 Å². The molecule has 40 heavy (non-hydrogen) atoms. The van der Waals surface area contributed by atoms with E-state index in [-0.39, 0.29) is 19.6 Å². The van der Waals surface area contributed by atoms with E-state index in [9.17, 15) is 22.8 Å². The van der Waals surface area contributed by atoms with Crippen molar-refractivity contribution in [1.82, 2.24) is 4.90 Å². The third kappa shape index (κ3) is 6.51. The fourth-order valence-corrected chi connectivity index (χ4v) is 4.67. The van der Waals surface area contributed by atoms with E-state index >= 15 is 0 Å². The molecule has 0 bridgehead atoms. The van der Waals surface area contributed by atoms with Crippen LogP contribution in [-0.4, -0.2) is 29.5 Å². The third-order valence-electron chi connectivity index (χ3n) is 6.66. The lowest BCUT2D eigenvalue weighted by molar-refractivity contribution is -0.137. The van der Waals surface area contributed by atoms with Gasteiger partial charge >= 0.3 is 12.3 Å². The van der Waals surface area contributed by atoms with Crippen LogP contribution in [0.3, 0.4) is 0 Å². The second kappa shape index (κ2) is 11.7. The van der Waals surface area contributed by atoms with Gasteiger partial charge in [0.25, 0.3) is 0 Å². The molecule has 0 unspecified atom stereocenters. The van der Waals surface area contributed by atoms with Crippen LogP contribution in [0.5, 0.6) is 5.75 Å². The molecular formula is C32H26F3NO4. The number of halogens is 3. The van der Waals surface area contributed by atoms with Crippen LogP contribution in [0, 0.1) is 0 Å². The Kier molecular flexibility index (Phi) is 7.86. The number of amides is 2. The summed E-state index contributed by atoms with van der Waals surface area (Å²) in [5.41, 5.74) is 2.85. The summed E-state index contributed by atoms with van der Waals surface area (Å²) in [6.07, 6.45) is -4.78. The van der Waals surface area contributed by atoms with Crippen molar-refractivity contribution >= 4 is 12.0 Å². The predicted octanol–water partition coefficient (Wildman–Crippen LogP) is 7.08. The predicted molar refractivity (Wildman–Crippen MR) is 143 cm³/mol. The van der Waals surface area contributed by atoms with Gasteiger partial charge in [-0.1, -0.05) is 78.9 Å². The van der Waals surface area contributed by atoms with Crippen LogP contribution in [-0.2, 0) is 35.2 Å². The van der Waals surface area contributed by atoms with Crippen LogP contribution in [0.4, 0.5) is 18.0 Å². The minimum Gasteiger partial charge on any atom is -0.489 e. The summed E-state index contributed by atoms with van der Waals surface area (Å²) in [4.78, 5) is 27.0. The molecule has 204 valence electrons. The number of alkyl halides is 3. The van der Waals surface area contributed by atoms with Gasteiger partial charge in [0.1, 0.15) is 19.0 Å². The second-order valence-electron chi connectivity index (χ2n) is 9.58. The first-order chi connectivity index (χ1) is 19.3. The Bertz CT molecular complexity index is 1470. The molecule has 0 spiro atoms. The number of hydrogen-bond acceptors (Lipinski definition) is 4. The quantitative estimate of drug-likeness (QED) is 0.237. The molecule has 0 radical (unpaired) electrons. The Hall–Kier alpha value is -4.59. The monoisotopic (exact) mass is 545 g/mol. The van der Waals surface area contributed by atoms with E-state index in [1.165, 1.54) is 12.1 Å². The number of cyclic esters (lactones) is 1. The summed E-state index contributed by atoms with van der Waals surface area (Å²) in [5, 5.41) is 0. The van der Waals surface area contributed by atoms with Crippen molar-refractivity contribution in [3.8, 4) is 16.9 Å². The fourth-order valence-electron chi connectivity index (χ4n) is 4.67. The summed E-state index contributed by atoms with van der Waals surface area (Å²) in [7, 11) is 0. The van der Waals surface area contributed by atoms with Crippen LogP contribution >= 0.6 is 0 Å². The highest BCUT2D eigenvalue weighted by atomic mass is 19.4. The zero-order valence-corrected chi connectivity index (χ0v) is 21.4. The zero-order chi connectivity index (χ0) is 28.1. The maximum absolute atomic E-state index is 13.4. The Morgan fingerprint density at radius 1 is 0.825 bits per heavy atom. The molecule has 1 aliphatic heterocycles. The Labute approximate surface area is 229 Å². The van der Waals surface area contributed by atoms with E-state index in [0.717, 1.165) is 28.2 Å². The molecule has 1 saturated heterocycles. The van der Waals surface area contributed by atoms with Crippen LogP contribution in [0.15, 0.2) is 103 Å². The van der Waals surface area contributed by atoms with Gasteiger partial charge < -0.3 is 9.47 Å². The van der Waals surface area contributed by atoms with Crippen LogP contribution in [0.2, 0.25) is 0 Å². The Morgan fingerprint density at radius 2 is 1.48 bits per heavy atom. The largest absolute Gasteiger partial charge is 0.489 e. The molecule has 1 atom stereocenters. The van der Waals surface area contributed by atoms with Crippen LogP contribution < -0.4 is 4.74 Å². The van der Waals surface area contributed by atoms with E-state index in [0.29, 0.717) is 28.9 Å². The molecular weight excluding hydrogens is 519 g/mol. The average Bonchev–Trinajstić information content (AvgIpc) is 3.32. The average molecular weight is 546 g/mol. The van der Waals surface area contributed by atoms with E-state index < -0.39 is 29.8 Å². The summed E-state index contributed by atoms with van der Waals surface area (Å²) in [6, 6.07) is 28.6. The van der Waals surface area contributed by atoms with E-state index in [2.05, 4.69) is 0 Å². The molecule has 5 nitrogen and oxygen atoms in total. The molecule has 0 aromatic heterocycles. The number of hydrogen-bond donors (Lipinski definition) is 0. The Balaban J connectivity index is 1.40. The van der Waals surface area contributed by atoms with Gasteiger partial charge in [0.2, 0.25) is 5.91 Å². The SMILES string of the molecule is O=C(Cc1cc(OCc2ccccc2)cc(-c2ccc(C(F)(F)F)cc2)c1)N1C(=O)OC[C@H]1Cc1ccccc1. The van der Waals surface area contributed by atoms with Crippen molar-refractivity contribution in [2.24, 2.45) is 0 Å². The number of rotatable bonds is 8. The summed E-state index contributed by atoms with van der Waals surface area (Å²) >= 11 is 0. The number of carbonyl (C=O) groups is 2. The molecule has 0 aliphatic carbocycles. The summed E-state index contributed by atoms with van der Waals surface area (Å²) in [5.74, 6) is 0.0240. The van der Waals surface area contributed by atoms with Gasteiger partial charge in [0, 0.05) is 0 Å². The molecule has 0 N–H and O–H groups in total. The maximum atomic E-state index is 13.4. The van der Waals surface area contributed by atoms with Gasteiger partial charge in [0.15, 0.2) is 0 Å². The lowest BCUT2D eigenvalue weighted by atomic mass is 9.99. The molecule has 0 saturated carbocycles. The molecule has 1 aliphatic rings. The third-order valence-corrected chi connectivity index (χ3v) is 6.66. The number of benzene rings is 4. The summed E-state index contributed by atoms with van der Waals surface area (Å²) < 4.78 is 50.5. The minimum atomic E-state index is -4.45. The highest BCUT2D eigenvalue weighted by Gasteiger charge is 2.37. The number of nitrogens with zero attached hydrogens (tertiary/aromatic N) is 1. The topological polar surface area (TPSA) is 55.8 Å². The normalized spacial score (nSPS) is 15.1. The molecule has 4 aromatic carbocycles. The zero-order valence-electron chi connectivity index (χ0n) is 21.4. The lowest BCUT2D eigenvalue weighted by Crippen LogP contribution is -2.41. The number of imide groups is 1. The van der Waals surface area contributed by atoms with Crippen molar-refractivity contribution in [1.29, 1.82) is 0 Å². The highest BCUT2D eigenvalue weighted by Crippen LogP contribution is 2.33. The first kappa shape index (κ1) is 27.0. The van der Waals surface area contributed by atoms with Gasteiger partial charge in [-0.3, -0.25) is 4.79 Å². The van der Waals surface area contributed by atoms with Crippen LogP contribution in [0.1, 0.15) is 22.3 Å². The molecule has 1 heterocycles. The molecule has 8 heteroatoms. The van der Waals surface area contributed by atoms with Gasteiger partial charge in [-0.05, 0) is 58.5 Å². The van der Waals surface area contributed by atoms with Crippen molar-refractivity contribution in [3.63, 3.8) is 0 Å².